The van der Waals surface area contributed by atoms with Crippen molar-refractivity contribution in [3.63, 3.8) is 0 Å². The zero-order valence-corrected chi connectivity index (χ0v) is 18.3. The van der Waals surface area contributed by atoms with Crippen LogP contribution in [0.3, 0.4) is 0 Å². The van der Waals surface area contributed by atoms with Crippen molar-refractivity contribution < 1.29 is 4.79 Å². The van der Waals surface area contributed by atoms with Gasteiger partial charge in [-0.2, -0.15) is 0 Å². The molecule has 2 unspecified atom stereocenters. The first kappa shape index (κ1) is 22.7. The first-order chi connectivity index (χ1) is 14.3. The topological polar surface area (TPSA) is 57.3 Å². The van der Waals surface area contributed by atoms with E-state index in [4.69, 9.17) is 0 Å². The SMILES string of the molecule is Cl.O=C(CCC[C@H]1NCC2CC1CN(Cc1cccnc1)C2)NCc1ccccc1. The second kappa shape index (κ2) is 11.4. The molecular formula is C24H33ClN4O. The van der Waals surface area contributed by atoms with E-state index >= 15 is 0 Å². The number of piperidine rings is 2. The quantitative estimate of drug-likeness (QED) is 0.676. The average Bonchev–Trinajstić information content (AvgIpc) is 2.75. The molecule has 1 aromatic heterocycles. The second-order valence-electron chi connectivity index (χ2n) is 8.59. The number of nitrogens with one attached hydrogen (secondary N) is 2. The van der Waals surface area contributed by atoms with Crippen LogP contribution in [-0.4, -0.2) is 41.5 Å². The van der Waals surface area contributed by atoms with E-state index < -0.39 is 0 Å². The molecule has 162 valence electrons. The summed E-state index contributed by atoms with van der Waals surface area (Å²) in [6, 6.07) is 14.8. The largest absolute Gasteiger partial charge is 0.352 e. The maximum atomic E-state index is 12.2. The Hall–Kier alpha value is -1.95. The van der Waals surface area contributed by atoms with Gasteiger partial charge in [0.25, 0.3) is 0 Å². The van der Waals surface area contributed by atoms with Crippen LogP contribution >= 0.6 is 12.4 Å². The third kappa shape index (κ3) is 6.53. The summed E-state index contributed by atoms with van der Waals surface area (Å²) in [5.74, 6) is 1.59. The van der Waals surface area contributed by atoms with Gasteiger partial charge >= 0.3 is 0 Å². The van der Waals surface area contributed by atoms with Gasteiger partial charge in [-0.3, -0.25) is 14.7 Å². The molecule has 2 bridgehead atoms. The number of hydrogen-bond acceptors (Lipinski definition) is 4. The average molecular weight is 429 g/mol. The van der Waals surface area contributed by atoms with Crippen molar-refractivity contribution in [1.29, 1.82) is 0 Å². The number of carbonyl (C=O) groups excluding carboxylic acids is 1. The molecule has 4 rings (SSSR count). The lowest BCUT2D eigenvalue weighted by molar-refractivity contribution is -0.121. The van der Waals surface area contributed by atoms with Crippen molar-refractivity contribution in [2.75, 3.05) is 19.6 Å². The molecule has 1 amide bonds. The zero-order chi connectivity index (χ0) is 19.9. The minimum absolute atomic E-state index is 0. The first-order valence-corrected chi connectivity index (χ1v) is 10.9. The summed E-state index contributed by atoms with van der Waals surface area (Å²) in [5.41, 5.74) is 2.45. The van der Waals surface area contributed by atoms with Gasteiger partial charge in [0.05, 0.1) is 0 Å². The molecule has 3 atom stereocenters. The summed E-state index contributed by atoms with van der Waals surface area (Å²) in [6.07, 6.45) is 7.78. The number of rotatable bonds is 8. The summed E-state index contributed by atoms with van der Waals surface area (Å²) in [5, 5.41) is 6.81. The number of benzene rings is 1. The van der Waals surface area contributed by atoms with E-state index in [1.165, 1.54) is 18.5 Å². The van der Waals surface area contributed by atoms with Crippen molar-refractivity contribution in [1.82, 2.24) is 20.5 Å². The van der Waals surface area contributed by atoms with Gasteiger partial charge < -0.3 is 10.6 Å². The van der Waals surface area contributed by atoms with Crippen LogP contribution in [0.25, 0.3) is 0 Å². The lowest BCUT2D eigenvalue weighted by atomic mass is 9.79. The third-order valence-electron chi connectivity index (χ3n) is 6.26. The van der Waals surface area contributed by atoms with Gasteiger partial charge in [0, 0.05) is 51.0 Å². The second-order valence-corrected chi connectivity index (χ2v) is 8.59. The zero-order valence-electron chi connectivity index (χ0n) is 17.5. The van der Waals surface area contributed by atoms with Crippen LogP contribution in [-0.2, 0) is 17.9 Å². The monoisotopic (exact) mass is 428 g/mol. The Morgan fingerprint density at radius 3 is 2.77 bits per heavy atom. The van der Waals surface area contributed by atoms with Crippen LogP contribution in [0.5, 0.6) is 0 Å². The van der Waals surface area contributed by atoms with E-state index in [9.17, 15) is 4.79 Å². The van der Waals surface area contributed by atoms with E-state index in [1.54, 1.807) is 0 Å². The van der Waals surface area contributed by atoms with Crippen LogP contribution in [0.1, 0.15) is 36.8 Å². The number of carbonyl (C=O) groups is 1. The van der Waals surface area contributed by atoms with E-state index in [1.807, 2.05) is 48.8 Å². The lowest BCUT2D eigenvalue weighted by Gasteiger charge is -2.46. The summed E-state index contributed by atoms with van der Waals surface area (Å²) in [6.45, 7) is 5.03. The Morgan fingerprint density at radius 2 is 1.97 bits per heavy atom. The maximum Gasteiger partial charge on any atom is 0.220 e. The highest BCUT2D eigenvalue weighted by atomic mass is 35.5. The van der Waals surface area contributed by atoms with E-state index in [2.05, 4.69) is 26.6 Å². The normalized spacial score (nSPS) is 23.4. The Bertz CT molecular complexity index is 773. The Kier molecular flexibility index (Phi) is 8.67. The highest BCUT2D eigenvalue weighted by molar-refractivity contribution is 5.85. The number of amides is 1. The van der Waals surface area contributed by atoms with Crippen LogP contribution in [0.2, 0.25) is 0 Å². The van der Waals surface area contributed by atoms with E-state index in [-0.39, 0.29) is 18.3 Å². The van der Waals surface area contributed by atoms with Gasteiger partial charge in [-0.1, -0.05) is 36.4 Å². The highest BCUT2D eigenvalue weighted by Gasteiger charge is 2.36. The van der Waals surface area contributed by atoms with Gasteiger partial charge in [0.1, 0.15) is 0 Å². The summed E-state index contributed by atoms with van der Waals surface area (Å²) in [4.78, 5) is 19.0. The molecule has 2 aromatic rings. The summed E-state index contributed by atoms with van der Waals surface area (Å²) in [7, 11) is 0. The van der Waals surface area contributed by atoms with Crippen molar-refractivity contribution in [3.8, 4) is 0 Å². The number of halogens is 1. The highest BCUT2D eigenvalue weighted by Crippen LogP contribution is 2.31. The minimum atomic E-state index is 0. The number of hydrogen-bond donors (Lipinski definition) is 2. The van der Waals surface area contributed by atoms with Crippen LogP contribution in [0.4, 0.5) is 0 Å². The van der Waals surface area contributed by atoms with Gasteiger partial charge in [0.2, 0.25) is 5.91 Å². The molecular weight excluding hydrogens is 396 g/mol. The number of fused-ring (bicyclic) bond motifs is 2. The number of pyridine rings is 1. The van der Waals surface area contributed by atoms with Crippen molar-refractivity contribution in [2.45, 2.75) is 44.8 Å². The fourth-order valence-corrected chi connectivity index (χ4v) is 4.86. The molecule has 30 heavy (non-hydrogen) atoms. The van der Waals surface area contributed by atoms with E-state index in [0.29, 0.717) is 24.9 Å². The maximum absolute atomic E-state index is 12.2. The molecule has 1 aromatic carbocycles. The number of aromatic nitrogens is 1. The molecule has 2 saturated heterocycles. The van der Waals surface area contributed by atoms with Crippen molar-refractivity contribution in [2.24, 2.45) is 11.8 Å². The molecule has 0 radical (unpaired) electrons. The van der Waals surface area contributed by atoms with Crippen molar-refractivity contribution in [3.05, 3.63) is 66.0 Å². The van der Waals surface area contributed by atoms with E-state index in [0.717, 1.165) is 44.0 Å². The lowest BCUT2D eigenvalue weighted by Crippen LogP contribution is -2.55. The molecule has 2 N–H and O–H groups in total. The smallest absolute Gasteiger partial charge is 0.220 e. The number of nitrogens with zero attached hydrogens (tertiary/aromatic N) is 2. The fourth-order valence-electron chi connectivity index (χ4n) is 4.86. The van der Waals surface area contributed by atoms with Gasteiger partial charge in [0.15, 0.2) is 0 Å². The fraction of sp³-hybridized carbons (Fsp3) is 0.500. The molecule has 5 nitrogen and oxygen atoms in total. The minimum Gasteiger partial charge on any atom is -0.352 e. The molecule has 2 aliphatic rings. The van der Waals surface area contributed by atoms with Crippen LogP contribution < -0.4 is 10.6 Å². The molecule has 0 aliphatic carbocycles. The molecule has 6 heteroatoms. The van der Waals surface area contributed by atoms with Crippen LogP contribution in [0.15, 0.2) is 54.9 Å². The molecule has 0 spiro atoms. The molecule has 0 saturated carbocycles. The molecule has 2 aliphatic heterocycles. The third-order valence-corrected chi connectivity index (χ3v) is 6.26. The summed E-state index contributed by atoms with van der Waals surface area (Å²) < 4.78 is 0. The number of likely N-dealkylation sites (tertiary alicyclic amines) is 1. The standard InChI is InChI=1S/C24H32N4O.ClH/c29-24(27-14-19-6-2-1-3-7-19)10-4-9-23-22-12-21(15-26-23)17-28(18-22)16-20-8-5-11-25-13-20;/h1-3,5-8,11,13,21-23,26H,4,9-10,12,14-18H2,(H,27,29);1H/t21?,22?,23-;/m1./s1. The van der Waals surface area contributed by atoms with Gasteiger partial charge in [-0.05, 0) is 54.8 Å². The van der Waals surface area contributed by atoms with Crippen molar-refractivity contribution >= 4 is 18.3 Å². The Labute approximate surface area is 186 Å². The van der Waals surface area contributed by atoms with Gasteiger partial charge in [-0.15, -0.1) is 12.4 Å². The van der Waals surface area contributed by atoms with Crippen LogP contribution in [0, 0.1) is 11.8 Å². The predicted octanol–water partition coefficient (Wildman–Crippen LogP) is 3.40. The molecule has 3 heterocycles. The summed E-state index contributed by atoms with van der Waals surface area (Å²) >= 11 is 0. The predicted molar refractivity (Wildman–Crippen MR) is 122 cm³/mol. The Morgan fingerprint density at radius 1 is 1.13 bits per heavy atom. The Balaban J connectivity index is 0.00000256. The first-order valence-electron chi connectivity index (χ1n) is 10.9. The van der Waals surface area contributed by atoms with Gasteiger partial charge in [-0.25, -0.2) is 0 Å². The molecule has 2 fully saturated rings.